The van der Waals surface area contributed by atoms with E-state index in [-0.39, 0.29) is 4.90 Å². The summed E-state index contributed by atoms with van der Waals surface area (Å²) in [7, 11) is -0.215. The van der Waals surface area contributed by atoms with E-state index in [1.807, 2.05) is 0 Å². The highest BCUT2D eigenvalue weighted by atomic mass is 32.2. The monoisotopic (exact) mass is 298 g/mol. The van der Waals surface area contributed by atoms with Crippen LogP contribution in [0.25, 0.3) is 0 Å². The van der Waals surface area contributed by atoms with Crippen LogP contribution in [0.2, 0.25) is 0 Å². The topological polar surface area (TPSA) is 67.4 Å². The molecule has 2 N–H and O–H groups in total. The summed E-state index contributed by atoms with van der Waals surface area (Å²) >= 11 is 0. The van der Waals surface area contributed by atoms with Crippen LogP contribution in [0.15, 0.2) is 29.2 Å². The van der Waals surface area contributed by atoms with Gasteiger partial charge in [-0.2, -0.15) is 0 Å². The molecule has 1 aliphatic rings. The van der Waals surface area contributed by atoms with Crippen LogP contribution < -0.4 is 10.0 Å². The van der Waals surface area contributed by atoms with Gasteiger partial charge in [-0.3, -0.25) is 0 Å². The Bertz CT molecular complexity index is 536. The molecule has 0 bridgehead atoms. The average molecular weight is 298 g/mol. The lowest BCUT2D eigenvalue weighted by Gasteiger charge is -2.16. The molecule has 2 rings (SSSR count). The standard InChI is InChI=1S/C14H22N2O3S/c1-15-20(17,18)13-5-3-12(4-6-13)16-11-14(7-8-14)9-10-19-2/h3-6,15-16H,7-11H2,1-2H3. The predicted octanol–water partition coefficient (Wildman–Crippen LogP) is 1.82. The molecule has 0 unspecified atom stereocenters. The first-order valence-electron chi connectivity index (χ1n) is 6.78. The van der Waals surface area contributed by atoms with Gasteiger partial charge in [0, 0.05) is 25.9 Å². The number of hydrogen-bond acceptors (Lipinski definition) is 4. The molecule has 0 saturated heterocycles. The maximum atomic E-state index is 11.6. The minimum Gasteiger partial charge on any atom is -0.385 e. The van der Waals surface area contributed by atoms with Gasteiger partial charge in [0.15, 0.2) is 0 Å². The Morgan fingerprint density at radius 1 is 1.25 bits per heavy atom. The summed E-state index contributed by atoms with van der Waals surface area (Å²) < 4.78 is 30.7. The third-order valence-electron chi connectivity index (χ3n) is 3.89. The third kappa shape index (κ3) is 3.71. The van der Waals surface area contributed by atoms with E-state index in [9.17, 15) is 8.42 Å². The van der Waals surface area contributed by atoms with Crippen LogP contribution in [-0.4, -0.2) is 35.7 Å². The summed E-state index contributed by atoms with van der Waals surface area (Å²) in [6.45, 7) is 1.70. The Morgan fingerprint density at radius 3 is 2.40 bits per heavy atom. The quantitative estimate of drug-likeness (QED) is 0.768. The van der Waals surface area contributed by atoms with Crippen LogP contribution in [0.4, 0.5) is 5.69 Å². The Kier molecular flexibility index (Phi) is 4.67. The number of rotatable bonds is 8. The van der Waals surface area contributed by atoms with Gasteiger partial charge in [-0.15, -0.1) is 0 Å². The van der Waals surface area contributed by atoms with E-state index < -0.39 is 10.0 Å². The molecule has 1 aromatic carbocycles. The molecule has 0 heterocycles. The fourth-order valence-electron chi connectivity index (χ4n) is 2.17. The number of nitrogens with one attached hydrogen (secondary N) is 2. The average Bonchev–Trinajstić information content (AvgIpc) is 3.24. The maximum Gasteiger partial charge on any atom is 0.240 e. The first-order chi connectivity index (χ1) is 9.51. The molecule has 0 spiro atoms. The van der Waals surface area contributed by atoms with Crippen LogP contribution in [0.3, 0.4) is 0 Å². The predicted molar refractivity (Wildman–Crippen MR) is 79.3 cm³/mol. The molecular weight excluding hydrogens is 276 g/mol. The number of benzene rings is 1. The van der Waals surface area contributed by atoms with Crippen molar-refractivity contribution in [1.29, 1.82) is 0 Å². The fourth-order valence-corrected chi connectivity index (χ4v) is 2.90. The van der Waals surface area contributed by atoms with Gasteiger partial charge in [0.1, 0.15) is 0 Å². The molecule has 0 amide bonds. The Morgan fingerprint density at radius 2 is 1.90 bits per heavy atom. The molecule has 112 valence electrons. The summed E-state index contributed by atoms with van der Waals surface area (Å²) in [4.78, 5) is 0.283. The number of methoxy groups -OCH3 is 1. The van der Waals surface area contributed by atoms with Crippen molar-refractivity contribution in [3.63, 3.8) is 0 Å². The van der Waals surface area contributed by atoms with Gasteiger partial charge in [0.05, 0.1) is 4.90 Å². The second-order valence-electron chi connectivity index (χ2n) is 5.33. The van der Waals surface area contributed by atoms with Gasteiger partial charge < -0.3 is 10.1 Å². The molecule has 0 atom stereocenters. The van der Waals surface area contributed by atoms with Gasteiger partial charge in [-0.25, -0.2) is 13.1 Å². The highest BCUT2D eigenvalue weighted by Gasteiger charge is 2.41. The lowest BCUT2D eigenvalue weighted by Crippen LogP contribution is -2.19. The summed E-state index contributed by atoms with van der Waals surface area (Å²) in [5.74, 6) is 0. The summed E-state index contributed by atoms with van der Waals surface area (Å²) in [6.07, 6.45) is 3.54. The number of ether oxygens (including phenoxy) is 1. The van der Waals surface area contributed by atoms with Gasteiger partial charge >= 0.3 is 0 Å². The third-order valence-corrected chi connectivity index (χ3v) is 5.32. The summed E-state index contributed by atoms with van der Waals surface area (Å²) in [5.41, 5.74) is 1.31. The maximum absolute atomic E-state index is 11.6. The van der Waals surface area contributed by atoms with Crippen molar-refractivity contribution in [2.75, 3.05) is 32.6 Å². The van der Waals surface area contributed by atoms with Crippen LogP contribution in [0, 0.1) is 5.41 Å². The zero-order chi connectivity index (χ0) is 14.6. The van der Waals surface area contributed by atoms with Gasteiger partial charge in [-0.05, 0) is 56.0 Å². The first kappa shape index (κ1) is 15.3. The van der Waals surface area contributed by atoms with E-state index in [2.05, 4.69) is 10.0 Å². The highest BCUT2D eigenvalue weighted by molar-refractivity contribution is 7.89. The molecule has 1 fully saturated rings. The Balaban J connectivity index is 1.92. The van der Waals surface area contributed by atoms with Crippen LogP contribution in [-0.2, 0) is 14.8 Å². The highest BCUT2D eigenvalue weighted by Crippen LogP contribution is 2.48. The van der Waals surface area contributed by atoms with Gasteiger partial charge in [-0.1, -0.05) is 0 Å². The van der Waals surface area contributed by atoms with E-state index in [0.29, 0.717) is 5.41 Å². The smallest absolute Gasteiger partial charge is 0.240 e. The van der Waals surface area contributed by atoms with Crippen molar-refractivity contribution in [1.82, 2.24) is 4.72 Å². The largest absolute Gasteiger partial charge is 0.385 e. The summed E-state index contributed by atoms with van der Waals surface area (Å²) in [5, 5.41) is 3.38. The summed E-state index contributed by atoms with van der Waals surface area (Å²) in [6, 6.07) is 6.83. The Labute approximate surface area is 120 Å². The Hall–Kier alpha value is -1.11. The lowest BCUT2D eigenvalue weighted by atomic mass is 10.0. The van der Waals surface area contributed by atoms with E-state index in [4.69, 9.17) is 4.74 Å². The van der Waals surface area contributed by atoms with E-state index in [1.165, 1.54) is 19.9 Å². The zero-order valence-electron chi connectivity index (χ0n) is 12.0. The van der Waals surface area contributed by atoms with Crippen molar-refractivity contribution >= 4 is 15.7 Å². The number of sulfonamides is 1. The minimum atomic E-state index is -3.35. The van der Waals surface area contributed by atoms with E-state index >= 15 is 0 Å². The molecule has 5 nitrogen and oxygen atoms in total. The first-order valence-corrected chi connectivity index (χ1v) is 8.26. The van der Waals surface area contributed by atoms with Crippen LogP contribution in [0.1, 0.15) is 19.3 Å². The van der Waals surface area contributed by atoms with E-state index in [0.717, 1.165) is 25.3 Å². The number of hydrogen-bond donors (Lipinski definition) is 2. The second kappa shape index (κ2) is 6.11. The van der Waals surface area contributed by atoms with E-state index in [1.54, 1.807) is 31.4 Å². The van der Waals surface area contributed by atoms with Crippen molar-refractivity contribution in [3.05, 3.63) is 24.3 Å². The molecule has 0 aromatic heterocycles. The molecular formula is C14H22N2O3S. The zero-order valence-corrected chi connectivity index (χ0v) is 12.8. The van der Waals surface area contributed by atoms with Crippen LogP contribution in [0.5, 0.6) is 0 Å². The van der Waals surface area contributed by atoms with Crippen molar-refractivity contribution in [3.8, 4) is 0 Å². The molecule has 6 heteroatoms. The van der Waals surface area contributed by atoms with Crippen LogP contribution >= 0.6 is 0 Å². The normalized spacial score (nSPS) is 16.9. The molecule has 1 aliphatic carbocycles. The molecule has 20 heavy (non-hydrogen) atoms. The van der Waals surface area contributed by atoms with Crippen molar-refractivity contribution in [2.24, 2.45) is 5.41 Å². The second-order valence-corrected chi connectivity index (χ2v) is 7.21. The fraction of sp³-hybridized carbons (Fsp3) is 0.571. The molecule has 1 saturated carbocycles. The lowest BCUT2D eigenvalue weighted by molar-refractivity contribution is 0.175. The van der Waals surface area contributed by atoms with Crippen molar-refractivity contribution in [2.45, 2.75) is 24.2 Å². The van der Waals surface area contributed by atoms with Gasteiger partial charge in [0.2, 0.25) is 10.0 Å². The SMILES string of the molecule is CNS(=O)(=O)c1ccc(NCC2(CCOC)CC2)cc1. The molecule has 0 radical (unpaired) electrons. The number of anilines is 1. The minimum absolute atomic E-state index is 0.283. The van der Waals surface area contributed by atoms with Crippen molar-refractivity contribution < 1.29 is 13.2 Å². The molecule has 0 aliphatic heterocycles. The van der Waals surface area contributed by atoms with Gasteiger partial charge in [0.25, 0.3) is 0 Å². The molecule has 1 aromatic rings.